The van der Waals surface area contributed by atoms with E-state index in [0.717, 1.165) is 22.8 Å². The van der Waals surface area contributed by atoms with Gasteiger partial charge in [0.25, 0.3) is 0 Å². The van der Waals surface area contributed by atoms with E-state index in [9.17, 15) is 23.1 Å². The maximum Gasteiger partial charge on any atom is 0.420 e. The van der Waals surface area contributed by atoms with E-state index in [1.165, 1.54) is 16.2 Å². The number of fused-ring (bicyclic) bond motifs is 1. The third kappa shape index (κ3) is 6.90. The molecule has 0 aliphatic carbocycles. The lowest BCUT2D eigenvalue weighted by atomic mass is 10.0. The molecular formula is C27H32F3N7O3SSi. The molecule has 1 saturated heterocycles. The van der Waals surface area contributed by atoms with Gasteiger partial charge in [0.15, 0.2) is 0 Å². The Balaban J connectivity index is 1.47. The second kappa shape index (κ2) is 12.0. The number of amides is 1. The molecule has 1 amide bonds. The first kappa shape index (κ1) is 29.9. The first-order chi connectivity index (χ1) is 19.9. The molecule has 224 valence electrons. The zero-order valence-electron chi connectivity index (χ0n) is 23.4. The fourth-order valence-corrected chi connectivity index (χ4v) is 6.27. The first-order valence-electron chi connectivity index (χ1n) is 13.6. The number of piperidine rings is 1. The molecule has 0 saturated carbocycles. The van der Waals surface area contributed by atoms with Crippen LogP contribution in [0, 0.1) is 0 Å². The summed E-state index contributed by atoms with van der Waals surface area (Å²) in [5.41, 5.74) is -0.00640. The van der Waals surface area contributed by atoms with Gasteiger partial charge in [0.2, 0.25) is 5.95 Å². The van der Waals surface area contributed by atoms with Crippen LogP contribution in [0.2, 0.25) is 25.7 Å². The lowest BCUT2D eigenvalue weighted by molar-refractivity contribution is -0.137. The molecule has 10 nitrogen and oxygen atoms in total. The van der Waals surface area contributed by atoms with E-state index in [4.69, 9.17) is 4.74 Å². The Morgan fingerprint density at radius 1 is 1.29 bits per heavy atom. The number of nitrogens with zero attached hydrogens (tertiary/aromatic N) is 5. The number of benzene rings is 1. The number of nitrogens with one attached hydrogen (secondary N) is 2. The van der Waals surface area contributed by atoms with Gasteiger partial charge in [0.1, 0.15) is 28.1 Å². The van der Waals surface area contributed by atoms with Crippen LogP contribution in [-0.4, -0.2) is 75.1 Å². The molecule has 1 aliphatic heterocycles. The summed E-state index contributed by atoms with van der Waals surface area (Å²) >= 11 is 1.48. The van der Waals surface area contributed by atoms with Crippen molar-refractivity contribution in [2.45, 2.75) is 56.8 Å². The molecule has 1 aromatic carbocycles. The van der Waals surface area contributed by atoms with Gasteiger partial charge >= 0.3 is 12.3 Å². The summed E-state index contributed by atoms with van der Waals surface area (Å²) in [7, 11) is -1.33. The Hall–Kier alpha value is -3.56. The van der Waals surface area contributed by atoms with Crippen LogP contribution in [0.25, 0.3) is 22.3 Å². The molecule has 4 aromatic rings. The largest absolute Gasteiger partial charge is 0.465 e. The monoisotopic (exact) mass is 619 g/mol. The van der Waals surface area contributed by atoms with Crippen molar-refractivity contribution in [3.05, 3.63) is 52.1 Å². The highest BCUT2D eigenvalue weighted by atomic mass is 32.1. The number of likely N-dealkylation sites (tertiary alicyclic amines) is 1. The fourth-order valence-electron chi connectivity index (χ4n) is 4.83. The highest BCUT2D eigenvalue weighted by Crippen LogP contribution is 2.39. The molecule has 0 spiro atoms. The number of anilines is 1. The van der Waals surface area contributed by atoms with Gasteiger partial charge in [0.05, 0.1) is 5.52 Å². The summed E-state index contributed by atoms with van der Waals surface area (Å²) in [6, 6.07) is 6.00. The van der Waals surface area contributed by atoms with E-state index in [2.05, 4.69) is 50.1 Å². The van der Waals surface area contributed by atoms with Crippen molar-refractivity contribution in [1.29, 1.82) is 0 Å². The lowest BCUT2D eigenvalue weighted by Gasteiger charge is -2.31. The van der Waals surface area contributed by atoms with Crippen molar-refractivity contribution >= 4 is 42.4 Å². The summed E-state index contributed by atoms with van der Waals surface area (Å²) in [6.45, 7) is 7.98. The number of carbonyl (C=O) groups is 1. The van der Waals surface area contributed by atoms with E-state index in [0.29, 0.717) is 36.9 Å². The Kier molecular flexibility index (Phi) is 8.53. The topological polar surface area (TPSA) is 129 Å². The van der Waals surface area contributed by atoms with E-state index >= 15 is 0 Å². The summed E-state index contributed by atoms with van der Waals surface area (Å²) in [5, 5.41) is 22.6. The number of thiazole rings is 1. The van der Waals surface area contributed by atoms with Crippen LogP contribution in [-0.2, 0) is 10.9 Å². The van der Waals surface area contributed by atoms with E-state index in [-0.39, 0.29) is 29.9 Å². The zero-order valence-corrected chi connectivity index (χ0v) is 25.2. The summed E-state index contributed by atoms with van der Waals surface area (Å²) in [4.78, 5) is 25.2. The molecule has 3 N–H and O–H groups in total. The Bertz CT molecular complexity index is 1540. The van der Waals surface area contributed by atoms with Crippen LogP contribution in [0.5, 0.6) is 0 Å². The van der Waals surface area contributed by atoms with Crippen molar-refractivity contribution in [2.24, 2.45) is 0 Å². The molecule has 0 bridgehead atoms. The summed E-state index contributed by atoms with van der Waals surface area (Å²) < 4.78 is 48.5. The number of aromatic nitrogens is 5. The quantitative estimate of drug-likeness (QED) is 0.181. The van der Waals surface area contributed by atoms with Crippen molar-refractivity contribution in [2.75, 3.05) is 25.0 Å². The van der Waals surface area contributed by atoms with Gasteiger partial charge in [-0.2, -0.15) is 18.3 Å². The molecule has 2 atom stereocenters. The lowest BCUT2D eigenvalue weighted by Crippen LogP contribution is -2.44. The number of alkyl halides is 3. The van der Waals surface area contributed by atoms with Crippen LogP contribution in [0.15, 0.2) is 36.0 Å². The van der Waals surface area contributed by atoms with Crippen molar-refractivity contribution in [3.8, 4) is 11.4 Å². The molecule has 4 heterocycles. The Labute approximate surface area is 245 Å². The second-order valence-electron chi connectivity index (χ2n) is 11.5. The molecule has 3 aromatic heterocycles. The van der Waals surface area contributed by atoms with Gasteiger partial charge in [-0.25, -0.2) is 19.7 Å². The second-order valence-corrected chi connectivity index (χ2v) is 18.0. The van der Waals surface area contributed by atoms with Gasteiger partial charge in [-0.15, -0.1) is 11.3 Å². The predicted molar refractivity (Wildman–Crippen MR) is 156 cm³/mol. The number of H-pyrrole nitrogens is 1. The SMILES string of the molecule is C[Si](C)(C)CCOC(c1ccc2c(-c3nc(N[C@H]4CCCN(C(=O)O)C4)ncc3C(F)(F)F)n[nH]c2c1)c1nccs1. The van der Waals surface area contributed by atoms with Crippen LogP contribution in [0.3, 0.4) is 0 Å². The molecule has 15 heteroatoms. The van der Waals surface area contributed by atoms with Crippen LogP contribution in [0.1, 0.15) is 35.1 Å². The normalized spacial score (nSPS) is 17.0. The molecule has 1 fully saturated rings. The number of carboxylic acid groups (broad SMARTS) is 1. The third-order valence-electron chi connectivity index (χ3n) is 7.05. The molecule has 1 aliphatic rings. The number of rotatable bonds is 9. The van der Waals surface area contributed by atoms with E-state index < -0.39 is 32.0 Å². The smallest absolute Gasteiger partial charge is 0.420 e. The highest BCUT2D eigenvalue weighted by Gasteiger charge is 2.37. The highest BCUT2D eigenvalue weighted by molar-refractivity contribution is 7.09. The van der Waals surface area contributed by atoms with Crippen molar-refractivity contribution < 1.29 is 27.8 Å². The fraction of sp³-hybridized carbons (Fsp3) is 0.444. The minimum absolute atomic E-state index is 0.0253. The van der Waals surface area contributed by atoms with Crippen molar-refractivity contribution in [1.82, 2.24) is 30.0 Å². The van der Waals surface area contributed by atoms with E-state index in [1.54, 1.807) is 12.3 Å². The summed E-state index contributed by atoms with van der Waals surface area (Å²) in [6.07, 6.45) is -2.47. The average Bonchev–Trinajstić information content (AvgIpc) is 3.60. The number of hydrogen-bond acceptors (Lipinski definition) is 8. The Morgan fingerprint density at radius 3 is 2.79 bits per heavy atom. The Morgan fingerprint density at radius 2 is 2.10 bits per heavy atom. The maximum absolute atomic E-state index is 14.1. The first-order valence-corrected chi connectivity index (χ1v) is 18.2. The van der Waals surface area contributed by atoms with E-state index in [1.807, 2.05) is 17.5 Å². The van der Waals surface area contributed by atoms with Crippen molar-refractivity contribution in [3.63, 3.8) is 0 Å². The minimum atomic E-state index is -4.72. The molecule has 5 rings (SSSR count). The minimum Gasteiger partial charge on any atom is -0.465 e. The molecular weight excluding hydrogens is 587 g/mol. The zero-order chi connectivity index (χ0) is 30.1. The molecule has 1 unspecified atom stereocenters. The number of hydrogen-bond donors (Lipinski definition) is 3. The maximum atomic E-state index is 14.1. The molecule has 42 heavy (non-hydrogen) atoms. The van der Waals surface area contributed by atoms with Gasteiger partial charge in [-0.05, 0) is 30.5 Å². The standard InChI is InChI=1S/C27H32F3N7O3SSi/c1-42(2,3)12-10-40-23(24-31-8-11-41-24)16-6-7-18-20(13-16)35-36-21(18)22-19(27(28,29)30)14-32-25(34-22)33-17-5-4-9-37(15-17)26(38)39/h6-8,11,13-14,17,23H,4-5,9-10,12,15H2,1-3H3,(H,35,36)(H,38,39)(H,32,33,34)/t17-,23?/m0/s1. The van der Waals surface area contributed by atoms with Crippen LogP contribution >= 0.6 is 11.3 Å². The van der Waals surface area contributed by atoms with Gasteiger partial charge < -0.3 is 20.1 Å². The predicted octanol–water partition coefficient (Wildman–Crippen LogP) is 6.49. The van der Waals surface area contributed by atoms with Gasteiger partial charge in [0, 0.05) is 57.0 Å². The van der Waals surface area contributed by atoms with Gasteiger partial charge in [-0.3, -0.25) is 5.10 Å². The third-order valence-corrected chi connectivity index (χ3v) is 9.57. The number of aromatic amines is 1. The van der Waals surface area contributed by atoms with Crippen LogP contribution in [0.4, 0.5) is 23.9 Å². The number of ether oxygens (including phenoxy) is 1. The molecule has 0 radical (unpaired) electrons. The van der Waals surface area contributed by atoms with Crippen LogP contribution < -0.4 is 5.32 Å². The van der Waals surface area contributed by atoms with Gasteiger partial charge in [-0.1, -0.05) is 31.8 Å². The average molecular weight is 620 g/mol. The summed E-state index contributed by atoms with van der Waals surface area (Å²) in [5.74, 6) is -0.0253. The number of halogens is 3.